The number of pyridine rings is 1. The molecule has 1 aromatic carbocycles. The fourth-order valence-electron chi connectivity index (χ4n) is 2.49. The summed E-state index contributed by atoms with van der Waals surface area (Å²) in [6.45, 7) is 4.20. The van der Waals surface area contributed by atoms with Crippen LogP contribution in [0.25, 0.3) is 11.4 Å². The Bertz CT molecular complexity index is 1060. The molecule has 29 heavy (non-hydrogen) atoms. The van der Waals surface area contributed by atoms with Crippen LogP contribution in [0.2, 0.25) is 5.02 Å². The van der Waals surface area contributed by atoms with E-state index < -0.39 is 10.8 Å². The normalized spacial score (nSPS) is 10.5. The highest BCUT2D eigenvalue weighted by Crippen LogP contribution is 2.28. The molecule has 148 valence electrons. The van der Waals surface area contributed by atoms with Crippen molar-refractivity contribution in [3.05, 3.63) is 70.5 Å². The maximum atomic E-state index is 12.3. The van der Waals surface area contributed by atoms with Crippen molar-refractivity contribution < 1.29 is 9.72 Å². The number of nitro groups is 1. The minimum Gasteiger partial charge on any atom is -0.320 e. The molecule has 3 rings (SSSR count). The van der Waals surface area contributed by atoms with E-state index in [1.807, 2.05) is 16.7 Å². The first-order valence-electron chi connectivity index (χ1n) is 8.30. The Morgan fingerprint density at radius 1 is 1.31 bits per heavy atom. The van der Waals surface area contributed by atoms with Crippen molar-refractivity contribution in [2.45, 2.75) is 11.7 Å². The second kappa shape index (κ2) is 9.30. The van der Waals surface area contributed by atoms with E-state index in [-0.39, 0.29) is 22.2 Å². The second-order valence-electron chi connectivity index (χ2n) is 5.70. The number of carbonyl (C=O) groups excluding carboxylic acids is 1. The Kier molecular flexibility index (Phi) is 6.57. The van der Waals surface area contributed by atoms with E-state index >= 15 is 0 Å². The Morgan fingerprint density at radius 2 is 2.07 bits per heavy atom. The molecule has 0 unspecified atom stereocenters. The highest BCUT2D eigenvalue weighted by molar-refractivity contribution is 7.99. The van der Waals surface area contributed by atoms with Crippen LogP contribution in [0.5, 0.6) is 0 Å². The Balaban J connectivity index is 1.74. The molecule has 0 aliphatic rings. The standard InChI is InChI=1S/C18H15ClN6O3S/c1-2-9-24-17(12-5-7-20-8-6-12)22-23-18(24)29-11-16(26)21-14-10-13(19)3-4-15(14)25(27)28/h2-8,10H,1,9,11H2,(H,21,26). The average molecular weight is 431 g/mol. The summed E-state index contributed by atoms with van der Waals surface area (Å²) in [6, 6.07) is 7.59. The van der Waals surface area contributed by atoms with Crippen LogP contribution in [0, 0.1) is 10.1 Å². The predicted molar refractivity (Wildman–Crippen MR) is 111 cm³/mol. The fraction of sp³-hybridized carbons (Fsp3) is 0.111. The number of nitro benzene ring substituents is 1. The third kappa shape index (κ3) is 4.98. The molecule has 0 spiro atoms. The number of benzene rings is 1. The molecule has 1 amide bonds. The van der Waals surface area contributed by atoms with Crippen molar-refractivity contribution >= 4 is 40.6 Å². The molecule has 0 aliphatic carbocycles. The predicted octanol–water partition coefficient (Wildman–Crippen LogP) is 3.82. The van der Waals surface area contributed by atoms with E-state index in [4.69, 9.17) is 11.6 Å². The zero-order valence-electron chi connectivity index (χ0n) is 15.0. The lowest BCUT2D eigenvalue weighted by molar-refractivity contribution is -0.383. The number of thioether (sulfide) groups is 1. The molecule has 1 N–H and O–H groups in total. The van der Waals surface area contributed by atoms with Crippen molar-refractivity contribution in [1.82, 2.24) is 19.7 Å². The van der Waals surface area contributed by atoms with Gasteiger partial charge in [-0.15, -0.1) is 16.8 Å². The molecule has 0 fully saturated rings. The van der Waals surface area contributed by atoms with Crippen LogP contribution in [0.3, 0.4) is 0 Å². The van der Waals surface area contributed by atoms with E-state index in [2.05, 4.69) is 27.1 Å². The molecular formula is C18H15ClN6O3S. The molecule has 2 aromatic heterocycles. The first-order valence-corrected chi connectivity index (χ1v) is 9.67. The Morgan fingerprint density at radius 3 is 2.76 bits per heavy atom. The molecule has 0 aliphatic heterocycles. The van der Waals surface area contributed by atoms with Crippen LogP contribution in [0.4, 0.5) is 11.4 Å². The number of nitrogens with one attached hydrogen (secondary N) is 1. The molecule has 0 atom stereocenters. The van der Waals surface area contributed by atoms with Gasteiger partial charge in [-0.2, -0.15) is 0 Å². The zero-order valence-corrected chi connectivity index (χ0v) is 16.6. The topological polar surface area (TPSA) is 116 Å². The number of amides is 1. The number of anilines is 1. The van der Waals surface area contributed by atoms with Crippen LogP contribution in [-0.2, 0) is 11.3 Å². The zero-order chi connectivity index (χ0) is 20.8. The fourth-order valence-corrected chi connectivity index (χ4v) is 3.41. The van der Waals surface area contributed by atoms with E-state index in [0.29, 0.717) is 17.5 Å². The number of aromatic nitrogens is 4. The molecule has 2 heterocycles. The number of halogens is 1. The smallest absolute Gasteiger partial charge is 0.292 e. The van der Waals surface area contributed by atoms with Crippen LogP contribution in [-0.4, -0.2) is 36.3 Å². The van der Waals surface area contributed by atoms with E-state index in [1.165, 1.54) is 18.2 Å². The van der Waals surface area contributed by atoms with Crippen molar-refractivity contribution in [3.8, 4) is 11.4 Å². The number of hydrogen-bond acceptors (Lipinski definition) is 7. The number of hydrogen-bond donors (Lipinski definition) is 1. The largest absolute Gasteiger partial charge is 0.320 e. The number of nitrogens with zero attached hydrogens (tertiary/aromatic N) is 5. The summed E-state index contributed by atoms with van der Waals surface area (Å²) in [7, 11) is 0. The summed E-state index contributed by atoms with van der Waals surface area (Å²) < 4.78 is 1.82. The van der Waals surface area contributed by atoms with Gasteiger partial charge in [0.2, 0.25) is 5.91 Å². The van der Waals surface area contributed by atoms with Crippen molar-refractivity contribution in [1.29, 1.82) is 0 Å². The van der Waals surface area contributed by atoms with E-state index in [9.17, 15) is 14.9 Å². The lowest BCUT2D eigenvalue weighted by atomic mass is 10.2. The summed E-state index contributed by atoms with van der Waals surface area (Å²) in [6.07, 6.45) is 5.01. The van der Waals surface area contributed by atoms with Gasteiger partial charge < -0.3 is 5.32 Å². The highest BCUT2D eigenvalue weighted by atomic mass is 35.5. The molecule has 0 radical (unpaired) electrons. The minimum absolute atomic E-state index is 0.0186. The third-order valence-electron chi connectivity index (χ3n) is 3.73. The number of carbonyl (C=O) groups is 1. The molecular weight excluding hydrogens is 416 g/mol. The van der Waals surface area contributed by atoms with Crippen LogP contribution in [0.15, 0.2) is 60.5 Å². The summed E-state index contributed by atoms with van der Waals surface area (Å²) in [5.41, 5.74) is 0.640. The summed E-state index contributed by atoms with van der Waals surface area (Å²) >= 11 is 7.04. The maximum Gasteiger partial charge on any atom is 0.292 e. The van der Waals surface area contributed by atoms with Crippen LogP contribution in [0.1, 0.15) is 0 Å². The van der Waals surface area contributed by atoms with Gasteiger partial charge in [-0.25, -0.2) is 0 Å². The quantitative estimate of drug-likeness (QED) is 0.250. The van der Waals surface area contributed by atoms with Gasteiger partial charge in [0.15, 0.2) is 11.0 Å². The lowest BCUT2D eigenvalue weighted by Gasteiger charge is -2.08. The van der Waals surface area contributed by atoms with Gasteiger partial charge in [0.25, 0.3) is 5.69 Å². The Hall–Kier alpha value is -3.24. The third-order valence-corrected chi connectivity index (χ3v) is 4.93. The molecule has 0 saturated heterocycles. The van der Waals surface area contributed by atoms with Crippen molar-refractivity contribution in [2.24, 2.45) is 0 Å². The summed E-state index contributed by atoms with van der Waals surface area (Å²) in [5, 5.41) is 22.8. The number of allylic oxidation sites excluding steroid dienone is 1. The maximum absolute atomic E-state index is 12.3. The van der Waals surface area contributed by atoms with Gasteiger partial charge in [0, 0.05) is 35.6 Å². The average Bonchev–Trinajstić information content (AvgIpc) is 3.10. The summed E-state index contributed by atoms with van der Waals surface area (Å²) in [4.78, 5) is 26.9. The van der Waals surface area contributed by atoms with Gasteiger partial charge >= 0.3 is 0 Å². The van der Waals surface area contributed by atoms with Crippen molar-refractivity contribution in [2.75, 3.05) is 11.1 Å². The molecule has 11 heteroatoms. The van der Waals surface area contributed by atoms with E-state index in [1.54, 1.807) is 18.5 Å². The van der Waals surface area contributed by atoms with Gasteiger partial charge in [-0.05, 0) is 24.3 Å². The first-order chi connectivity index (χ1) is 14.0. The van der Waals surface area contributed by atoms with Gasteiger partial charge in [0.1, 0.15) is 5.69 Å². The summed E-state index contributed by atoms with van der Waals surface area (Å²) in [5.74, 6) is 0.176. The SMILES string of the molecule is C=CCn1c(SCC(=O)Nc2cc(Cl)ccc2[N+](=O)[O-])nnc1-c1ccncc1. The van der Waals surface area contributed by atoms with Gasteiger partial charge in [-0.1, -0.05) is 29.4 Å². The second-order valence-corrected chi connectivity index (χ2v) is 7.08. The van der Waals surface area contributed by atoms with Crippen LogP contribution < -0.4 is 5.32 Å². The Labute approximate surface area is 175 Å². The first kappa shape index (κ1) is 20.5. The molecule has 0 bridgehead atoms. The van der Waals surface area contributed by atoms with Gasteiger partial charge in [0.05, 0.1) is 10.7 Å². The molecule has 3 aromatic rings. The van der Waals surface area contributed by atoms with Gasteiger partial charge in [-0.3, -0.25) is 24.5 Å². The van der Waals surface area contributed by atoms with Crippen LogP contribution >= 0.6 is 23.4 Å². The van der Waals surface area contributed by atoms with E-state index in [0.717, 1.165) is 17.3 Å². The highest BCUT2D eigenvalue weighted by Gasteiger charge is 2.18. The van der Waals surface area contributed by atoms with Crippen molar-refractivity contribution in [3.63, 3.8) is 0 Å². The monoisotopic (exact) mass is 430 g/mol. The lowest BCUT2D eigenvalue weighted by Crippen LogP contribution is -2.15. The minimum atomic E-state index is -0.583. The molecule has 0 saturated carbocycles. The molecule has 9 nitrogen and oxygen atoms in total. The number of rotatable bonds is 8.